The van der Waals surface area contributed by atoms with Crippen LogP contribution in [0.1, 0.15) is 40.0 Å². The maximum atomic E-state index is 12.2. The van der Waals surface area contributed by atoms with Gasteiger partial charge < -0.3 is 19.7 Å². The first-order valence-corrected chi connectivity index (χ1v) is 10.1. The number of anilines is 1. The Kier molecular flexibility index (Phi) is 8.31. The van der Waals surface area contributed by atoms with Crippen LogP contribution in [0.25, 0.3) is 0 Å². The minimum Gasteiger partial charge on any atom is -0.465 e. The molecule has 0 spiro atoms. The van der Waals surface area contributed by atoms with Crippen LogP contribution in [0.3, 0.4) is 0 Å². The highest BCUT2D eigenvalue weighted by atomic mass is 32.2. The van der Waals surface area contributed by atoms with E-state index in [0.717, 1.165) is 32.4 Å². The lowest BCUT2D eigenvalue weighted by molar-refractivity contribution is -0.129. The van der Waals surface area contributed by atoms with E-state index in [4.69, 9.17) is 0 Å². The zero-order valence-electron chi connectivity index (χ0n) is 16.0. The van der Waals surface area contributed by atoms with Crippen LogP contribution in [-0.4, -0.2) is 67.5 Å². The van der Waals surface area contributed by atoms with E-state index in [-0.39, 0.29) is 40.1 Å². The summed E-state index contributed by atoms with van der Waals surface area (Å²) in [4.78, 5) is 49.7. The zero-order chi connectivity index (χ0) is 20.5. The molecule has 1 aliphatic rings. The van der Waals surface area contributed by atoms with Gasteiger partial charge >= 0.3 is 11.9 Å². The molecule has 1 heterocycles. The molecule has 152 valence electrons. The van der Waals surface area contributed by atoms with Crippen LogP contribution in [0, 0.1) is 0 Å². The summed E-state index contributed by atoms with van der Waals surface area (Å²) >= 11 is 1.23. The second-order valence-electron chi connectivity index (χ2n) is 6.26. The third kappa shape index (κ3) is 6.26. The van der Waals surface area contributed by atoms with E-state index in [1.165, 1.54) is 44.2 Å². The van der Waals surface area contributed by atoms with E-state index in [9.17, 15) is 19.2 Å². The van der Waals surface area contributed by atoms with Crippen molar-refractivity contribution in [3.8, 4) is 0 Å². The fourth-order valence-electron chi connectivity index (χ4n) is 2.83. The van der Waals surface area contributed by atoms with Crippen molar-refractivity contribution >= 4 is 41.2 Å². The first-order valence-electron chi connectivity index (χ1n) is 8.91. The van der Waals surface area contributed by atoms with Crippen LogP contribution < -0.4 is 5.32 Å². The molecular formula is C19H24N2O6S. The number of carbonyl (C=O) groups excluding carboxylic acids is 4. The molecule has 1 fully saturated rings. The van der Waals surface area contributed by atoms with Crippen LogP contribution in [0.2, 0.25) is 0 Å². The summed E-state index contributed by atoms with van der Waals surface area (Å²) in [6.07, 6.45) is 3.20. The van der Waals surface area contributed by atoms with Gasteiger partial charge in [0.1, 0.15) is 0 Å². The zero-order valence-corrected chi connectivity index (χ0v) is 16.8. The number of piperidine rings is 1. The van der Waals surface area contributed by atoms with Gasteiger partial charge in [0.05, 0.1) is 36.9 Å². The van der Waals surface area contributed by atoms with Gasteiger partial charge in [0.25, 0.3) is 0 Å². The molecule has 1 aromatic carbocycles. The first-order chi connectivity index (χ1) is 13.4. The van der Waals surface area contributed by atoms with Crippen LogP contribution in [0.15, 0.2) is 18.2 Å². The average Bonchev–Trinajstić information content (AvgIpc) is 2.72. The smallest absolute Gasteiger partial charge is 0.337 e. The number of ether oxygens (including phenoxy) is 2. The van der Waals surface area contributed by atoms with Crippen molar-refractivity contribution in [2.75, 3.05) is 44.1 Å². The number of nitrogens with one attached hydrogen (secondary N) is 1. The summed E-state index contributed by atoms with van der Waals surface area (Å²) in [6.45, 7) is 1.56. The SMILES string of the molecule is COC(=O)c1cc(NC(=O)CSCC(=O)N2CCCCC2)cc(C(=O)OC)c1. The number of hydrogen-bond donors (Lipinski definition) is 1. The van der Waals surface area contributed by atoms with Crippen molar-refractivity contribution in [3.05, 3.63) is 29.3 Å². The molecule has 0 radical (unpaired) electrons. The van der Waals surface area contributed by atoms with Gasteiger partial charge in [-0.3, -0.25) is 9.59 Å². The molecule has 2 amide bonds. The van der Waals surface area contributed by atoms with Crippen molar-refractivity contribution in [1.29, 1.82) is 0 Å². The van der Waals surface area contributed by atoms with Crippen LogP contribution in [-0.2, 0) is 19.1 Å². The molecule has 9 heteroatoms. The van der Waals surface area contributed by atoms with E-state index < -0.39 is 11.9 Å². The third-order valence-corrected chi connectivity index (χ3v) is 5.14. The van der Waals surface area contributed by atoms with Crippen LogP contribution in [0.4, 0.5) is 5.69 Å². The Hall–Kier alpha value is -2.55. The number of hydrogen-bond acceptors (Lipinski definition) is 7. The lowest BCUT2D eigenvalue weighted by Crippen LogP contribution is -2.37. The summed E-state index contributed by atoms with van der Waals surface area (Å²) in [6, 6.07) is 4.17. The minimum absolute atomic E-state index is 0.0400. The van der Waals surface area contributed by atoms with Crippen LogP contribution >= 0.6 is 11.8 Å². The van der Waals surface area contributed by atoms with E-state index in [1.54, 1.807) is 0 Å². The maximum absolute atomic E-state index is 12.2. The average molecular weight is 408 g/mol. The molecule has 1 N–H and O–H groups in total. The molecule has 0 unspecified atom stereocenters. The second kappa shape index (κ2) is 10.7. The number of nitrogens with zero attached hydrogens (tertiary/aromatic N) is 1. The van der Waals surface area contributed by atoms with E-state index >= 15 is 0 Å². The molecule has 0 bridgehead atoms. The van der Waals surface area contributed by atoms with Crippen molar-refractivity contribution in [1.82, 2.24) is 4.90 Å². The van der Waals surface area contributed by atoms with Gasteiger partial charge in [0.15, 0.2) is 0 Å². The highest BCUT2D eigenvalue weighted by molar-refractivity contribution is 8.00. The molecule has 28 heavy (non-hydrogen) atoms. The van der Waals surface area contributed by atoms with Crippen molar-refractivity contribution < 1.29 is 28.7 Å². The standard InChI is InChI=1S/C19H24N2O6S/c1-26-18(24)13-8-14(19(25)27-2)10-15(9-13)20-16(22)11-28-12-17(23)21-6-4-3-5-7-21/h8-10H,3-7,11-12H2,1-2H3,(H,20,22). The fourth-order valence-corrected chi connectivity index (χ4v) is 3.55. The molecule has 0 aromatic heterocycles. The van der Waals surface area contributed by atoms with Gasteiger partial charge in [-0.2, -0.15) is 0 Å². The van der Waals surface area contributed by atoms with Crippen molar-refractivity contribution in [3.63, 3.8) is 0 Å². The predicted octanol–water partition coefficient (Wildman–Crippen LogP) is 1.94. The molecule has 1 aromatic rings. The van der Waals surface area contributed by atoms with E-state index in [2.05, 4.69) is 14.8 Å². The normalized spacial score (nSPS) is 13.6. The molecule has 0 atom stereocenters. The summed E-state index contributed by atoms with van der Waals surface area (Å²) in [5.74, 6) is -1.25. The van der Waals surface area contributed by atoms with Gasteiger partial charge in [0.2, 0.25) is 11.8 Å². The lowest BCUT2D eigenvalue weighted by Gasteiger charge is -2.26. The van der Waals surface area contributed by atoms with Gasteiger partial charge in [-0.05, 0) is 37.5 Å². The highest BCUT2D eigenvalue weighted by Gasteiger charge is 2.18. The largest absolute Gasteiger partial charge is 0.465 e. The van der Waals surface area contributed by atoms with Crippen molar-refractivity contribution in [2.24, 2.45) is 0 Å². The monoisotopic (exact) mass is 408 g/mol. The number of rotatable bonds is 7. The minimum atomic E-state index is -0.636. The van der Waals surface area contributed by atoms with Gasteiger partial charge in [-0.15, -0.1) is 11.8 Å². The summed E-state index contributed by atoms with van der Waals surface area (Å²) in [5, 5.41) is 2.63. The number of thioether (sulfide) groups is 1. The molecule has 8 nitrogen and oxygen atoms in total. The molecule has 1 aliphatic heterocycles. The summed E-state index contributed by atoms with van der Waals surface area (Å²) < 4.78 is 9.33. The molecule has 0 saturated carbocycles. The summed E-state index contributed by atoms with van der Waals surface area (Å²) in [7, 11) is 2.45. The summed E-state index contributed by atoms with van der Waals surface area (Å²) in [5.41, 5.74) is 0.513. The van der Waals surface area contributed by atoms with Gasteiger partial charge in [-0.1, -0.05) is 0 Å². The molecular weight excluding hydrogens is 384 g/mol. The Labute approximate surface area is 167 Å². The quantitative estimate of drug-likeness (QED) is 0.688. The lowest BCUT2D eigenvalue weighted by atomic mass is 10.1. The number of benzene rings is 1. The Bertz CT molecular complexity index is 712. The van der Waals surface area contributed by atoms with E-state index in [1.807, 2.05) is 4.90 Å². The van der Waals surface area contributed by atoms with E-state index in [0.29, 0.717) is 0 Å². The van der Waals surface area contributed by atoms with Crippen molar-refractivity contribution in [2.45, 2.75) is 19.3 Å². The fraction of sp³-hybridized carbons (Fsp3) is 0.474. The second-order valence-corrected chi connectivity index (χ2v) is 7.25. The Morgan fingerprint density at radius 1 is 0.929 bits per heavy atom. The Morgan fingerprint density at radius 2 is 1.50 bits per heavy atom. The topological polar surface area (TPSA) is 102 Å². The maximum Gasteiger partial charge on any atom is 0.337 e. The number of amides is 2. The Balaban J connectivity index is 1.93. The molecule has 0 aliphatic carbocycles. The highest BCUT2D eigenvalue weighted by Crippen LogP contribution is 2.18. The Morgan fingerprint density at radius 3 is 2.04 bits per heavy atom. The predicted molar refractivity (Wildman–Crippen MR) is 106 cm³/mol. The number of esters is 2. The number of likely N-dealkylation sites (tertiary alicyclic amines) is 1. The molecule has 1 saturated heterocycles. The third-order valence-electron chi connectivity index (χ3n) is 4.23. The van der Waals surface area contributed by atoms with Gasteiger partial charge in [-0.25, -0.2) is 9.59 Å². The number of methoxy groups -OCH3 is 2. The number of carbonyl (C=O) groups is 4. The molecule has 2 rings (SSSR count). The van der Waals surface area contributed by atoms with Crippen LogP contribution in [0.5, 0.6) is 0 Å². The first kappa shape index (κ1) is 21.7. The van der Waals surface area contributed by atoms with Gasteiger partial charge in [0, 0.05) is 18.8 Å².